The fourth-order valence-corrected chi connectivity index (χ4v) is 1.12. The smallest absolute Gasteiger partial charge is 0.0306 e. The van der Waals surface area contributed by atoms with Crippen LogP contribution in [-0.4, -0.2) is 11.0 Å². The summed E-state index contributed by atoms with van der Waals surface area (Å²) in [4.78, 5) is 0. The van der Waals surface area contributed by atoms with Crippen molar-refractivity contribution in [3.05, 3.63) is 11.6 Å². The van der Waals surface area contributed by atoms with Crippen molar-refractivity contribution in [2.24, 2.45) is 0 Å². The third-order valence-corrected chi connectivity index (χ3v) is 3.31. The lowest BCUT2D eigenvalue weighted by Gasteiger charge is -2.22. The Morgan fingerprint density at radius 2 is 2.00 bits per heavy atom. The zero-order valence-corrected chi connectivity index (χ0v) is 8.51. The molecule has 10 heavy (non-hydrogen) atoms. The molecule has 0 saturated carbocycles. The molecule has 0 amide bonds. The van der Waals surface area contributed by atoms with Gasteiger partial charge >= 0.3 is 0 Å². The van der Waals surface area contributed by atoms with E-state index < -0.39 is 0 Å². The molecule has 0 heterocycles. The van der Waals surface area contributed by atoms with Crippen molar-refractivity contribution in [1.82, 2.24) is 0 Å². The van der Waals surface area contributed by atoms with Gasteiger partial charge in [0.1, 0.15) is 0 Å². The van der Waals surface area contributed by atoms with Gasteiger partial charge in [0.15, 0.2) is 0 Å². The first kappa shape index (κ1) is 10.1. The Balaban J connectivity index is 4.17. The normalized spacial score (nSPS) is 13.9. The highest BCUT2D eigenvalue weighted by molar-refractivity contribution is 8.00. The molecule has 0 nitrogen and oxygen atoms in total. The van der Waals surface area contributed by atoms with Gasteiger partial charge in [-0.15, -0.1) is 0 Å². The minimum atomic E-state index is 0.329. The first-order valence-electron chi connectivity index (χ1n) is 3.77. The fourth-order valence-electron chi connectivity index (χ4n) is 0.713. The third-order valence-electron chi connectivity index (χ3n) is 1.97. The van der Waals surface area contributed by atoms with E-state index >= 15 is 0 Å². The van der Waals surface area contributed by atoms with Crippen LogP contribution in [0.3, 0.4) is 0 Å². The summed E-state index contributed by atoms with van der Waals surface area (Å²) in [5.41, 5.74) is 1.49. The number of allylic oxidation sites excluding steroid dienone is 1. The standard InChI is InChI=1S/C9H18S/c1-6-7-8(2)9(3,4)10-5/h7H,6H2,1-5H3/b8-7-. The second-order valence-corrected chi connectivity index (χ2v) is 4.44. The van der Waals surface area contributed by atoms with Crippen molar-refractivity contribution in [3.63, 3.8) is 0 Å². The van der Waals surface area contributed by atoms with Crippen molar-refractivity contribution in [3.8, 4) is 0 Å². The molecule has 0 N–H and O–H groups in total. The van der Waals surface area contributed by atoms with E-state index in [4.69, 9.17) is 0 Å². The molecule has 0 aromatic heterocycles. The van der Waals surface area contributed by atoms with Crippen LogP contribution in [0.5, 0.6) is 0 Å². The van der Waals surface area contributed by atoms with Gasteiger partial charge < -0.3 is 0 Å². The van der Waals surface area contributed by atoms with Crippen LogP contribution in [0.2, 0.25) is 0 Å². The minimum Gasteiger partial charge on any atom is -0.155 e. The van der Waals surface area contributed by atoms with Crippen LogP contribution >= 0.6 is 11.8 Å². The Morgan fingerprint density at radius 3 is 2.30 bits per heavy atom. The molecule has 0 spiro atoms. The molecular weight excluding hydrogens is 140 g/mol. The SMILES string of the molecule is CC/C=C(/C)C(C)(C)SC. The quantitative estimate of drug-likeness (QED) is 0.567. The average Bonchev–Trinajstić information content (AvgIpc) is 1.89. The molecule has 0 aromatic carbocycles. The van der Waals surface area contributed by atoms with Crippen molar-refractivity contribution >= 4 is 11.8 Å². The van der Waals surface area contributed by atoms with Crippen molar-refractivity contribution in [2.75, 3.05) is 6.26 Å². The summed E-state index contributed by atoms with van der Waals surface area (Å²) in [5.74, 6) is 0. The van der Waals surface area contributed by atoms with Gasteiger partial charge in [-0.3, -0.25) is 0 Å². The second-order valence-electron chi connectivity index (χ2n) is 3.01. The van der Waals surface area contributed by atoms with Gasteiger partial charge in [0.25, 0.3) is 0 Å². The molecule has 0 rings (SSSR count). The Labute approximate surface area is 69.1 Å². The van der Waals surface area contributed by atoms with Crippen molar-refractivity contribution < 1.29 is 0 Å². The van der Waals surface area contributed by atoms with Crippen LogP contribution in [0.25, 0.3) is 0 Å². The molecule has 0 saturated heterocycles. The largest absolute Gasteiger partial charge is 0.155 e. The maximum absolute atomic E-state index is 2.30. The molecule has 0 atom stereocenters. The fraction of sp³-hybridized carbons (Fsp3) is 0.778. The third kappa shape index (κ3) is 2.78. The zero-order chi connectivity index (χ0) is 8.20. The maximum atomic E-state index is 2.30. The van der Waals surface area contributed by atoms with Gasteiger partial charge in [0.05, 0.1) is 0 Å². The van der Waals surface area contributed by atoms with Gasteiger partial charge in [-0.2, -0.15) is 11.8 Å². The summed E-state index contributed by atoms with van der Waals surface area (Å²) in [6.07, 6.45) is 5.61. The van der Waals surface area contributed by atoms with Gasteiger partial charge in [-0.05, 0) is 33.4 Å². The summed E-state index contributed by atoms with van der Waals surface area (Å²) >= 11 is 1.91. The van der Waals surface area contributed by atoms with Gasteiger partial charge in [-0.1, -0.05) is 18.6 Å². The first-order valence-corrected chi connectivity index (χ1v) is 4.99. The predicted molar refractivity (Wildman–Crippen MR) is 51.6 cm³/mol. The summed E-state index contributed by atoms with van der Waals surface area (Å²) in [5, 5.41) is 0. The lowest BCUT2D eigenvalue weighted by atomic mass is 10.0. The lowest BCUT2D eigenvalue weighted by molar-refractivity contribution is 0.827. The molecule has 60 valence electrons. The number of rotatable bonds is 3. The molecule has 0 aliphatic carbocycles. The van der Waals surface area contributed by atoms with Crippen LogP contribution in [0, 0.1) is 0 Å². The molecule has 0 aromatic rings. The summed E-state index contributed by atoms with van der Waals surface area (Å²) in [6, 6.07) is 0. The van der Waals surface area contributed by atoms with Crippen LogP contribution in [-0.2, 0) is 0 Å². The van der Waals surface area contributed by atoms with E-state index in [0.29, 0.717) is 4.75 Å². The molecule has 1 heteroatoms. The lowest BCUT2D eigenvalue weighted by Crippen LogP contribution is -2.15. The predicted octanol–water partition coefficient (Wildman–Crippen LogP) is 3.48. The topological polar surface area (TPSA) is 0 Å². The molecule has 0 aliphatic rings. The zero-order valence-electron chi connectivity index (χ0n) is 7.69. The van der Waals surface area contributed by atoms with Gasteiger partial charge in [-0.25, -0.2) is 0 Å². The maximum Gasteiger partial charge on any atom is 0.0306 e. The molecule has 0 fully saturated rings. The Hall–Kier alpha value is 0.0900. The second kappa shape index (κ2) is 4.07. The van der Waals surface area contributed by atoms with Crippen LogP contribution in [0.1, 0.15) is 34.1 Å². The van der Waals surface area contributed by atoms with E-state index in [2.05, 4.69) is 40.0 Å². The van der Waals surface area contributed by atoms with Gasteiger partial charge in [0.2, 0.25) is 0 Å². The highest BCUT2D eigenvalue weighted by Crippen LogP contribution is 2.29. The molecular formula is C9H18S. The highest BCUT2D eigenvalue weighted by Gasteiger charge is 2.16. The number of thioether (sulfide) groups is 1. The summed E-state index contributed by atoms with van der Waals surface area (Å²) in [7, 11) is 0. The molecule has 0 bridgehead atoms. The van der Waals surface area contributed by atoms with Crippen LogP contribution in [0.15, 0.2) is 11.6 Å². The van der Waals surface area contributed by atoms with E-state index in [0.717, 1.165) is 6.42 Å². The molecule has 0 unspecified atom stereocenters. The Kier molecular flexibility index (Phi) is 4.11. The number of hydrogen-bond donors (Lipinski definition) is 0. The molecule has 0 radical (unpaired) electrons. The van der Waals surface area contributed by atoms with Crippen LogP contribution in [0.4, 0.5) is 0 Å². The summed E-state index contributed by atoms with van der Waals surface area (Å²) < 4.78 is 0.329. The number of hydrogen-bond acceptors (Lipinski definition) is 1. The van der Waals surface area contributed by atoms with Crippen molar-refractivity contribution in [1.29, 1.82) is 0 Å². The summed E-state index contributed by atoms with van der Waals surface area (Å²) in [6.45, 7) is 8.91. The van der Waals surface area contributed by atoms with Crippen molar-refractivity contribution in [2.45, 2.75) is 38.9 Å². The van der Waals surface area contributed by atoms with E-state index in [1.165, 1.54) is 5.57 Å². The van der Waals surface area contributed by atoms with E-state index in [9.17, 15) is 0 Å². The Morgan fingerprint density at radius 1 is 1.50 bits per heavy atom. The van der Waals surface area contributed by atoms with E-state index in [1.807, 2.05) is 11.8 Å². The monoisotopic (exact) mass is 158 g/mol. The average molecular weight is 158 g/mol. The minimum absolute atomic E-state index is 0.329. The Bertz CT molecular complexity index is 123. The van der Waals surface area contributed by atoms with Crippen LogP contribution < -0.4 is 0 Å². The van der Waals surface area contributed by atoms with E-state index in [-0.39, 0.29) is 0 Å². The van der Waals surface area contributed by atoms with E-state index in [1.54, 1.807) is 0 Å². The highest BCUT2D eigenvalue weighted by atomic mass is 32.2. The first-order chi connectivity index (χ1) is 4.54. The van der Waals surface area contributed by atoms with Gasteiger partial charge in [0, 0.05) is 4.75 Å². The molecule has 0 aliphatic heterocycles.